The van der Waals surface area contributed by atoms with E-state index in [-0.39, 0.29) is 16.7 Å². The van der Waals surface area contributed by atoms with E-state index in [1.807, 2.05) is 37.8 Å². The van der Waals surface area contributed by atoms with Gasteiger partial charge in [-0.3, -0.25) is 4.79 Å². The molecule has 0 unspecified atom stereocenters. The molecule has 5 heteroatoms. The molecular formula is C18H25ClN2O2. The van der Waals surface area contributed by atoms with Crippen LogP contribution in [0.1, 0.15) is 39.2 Å². The van der Waals surface area contributed by atoms with Crippen LogP contribution in [0.25, 0.3) is 0 Å². The second-order valence-corrected chi connectivity index (χ2v) is 8.08. The average Bonchev–Trinajstić information content (AvgIpc) is 2.87. The van der Waals surface area contributed by atoms with Gasteiger partial charge in [0.2, 0.25) is 5.91 Å². The SMILES string of the molecule is COc1ccc(Cl)c2c1NCC21CCN(C(=O)C(C)(C)C)CC1. The van der Waals surface area contributed by atoms with Crippen molar-refractivity contribution in [2.45, 2.75) is 39.0 Å². The molecule has 0 saturated carbocycles. The molecule has 23 heavy (non-hydrogen) atoms. The smallest absolute Gasteiger partial charge is 0.227 e. The fourth-order valence-corrected chi connectivity index (χ4v) is 4.17. The lowest BCUT2D eigenvalue weighted by Crippen LogP contribution is -2.49. The third kappa shape index (κ3) is 2.67. The highest BCUT2D eigenvalue weighted by molar-refractivity contribution is 6.32. The summed E-state index contributed by atoms with van der Waals surface area (Å²) in [4.78, 5) is 14.5. The lowest BCUT2D eigenvalue weighted by Gasteiger charge is -2.41. The molecular weight excluding hydrogens is 312 g/mol. The molecule has 1 aromatic rings. The van der Waals surface area contributed by atoms with Crippen molar-refractivity contribution in [2.24, 2.45) is 5.41 Å². The Bertz CT molecular complexity index is 629. The number of methoxy groups -OCH3 is 1. The zero-order chi connectivity index (χ0) is 16.8. The molecule has 1 aromatic carbocycles. The van der Waals surface area contributed by atoms with E-state index in [1.165, 1.54) is 5.56 Å². The van der Waals surface area contributed by atoms with E-state index in [0.29, 0.717) is 0 Å². The number of nitrogens with zero attached hydrogens (tertiary/aromatic N) is 1. The first kappa shape index (κ1) is 16.4. The number of amides is 1. The average molecular weight is 337 g/mol. The Kier molecular flexibility index (Phi) is 3.99. The van der Waals surface area contributed by atoms with Gasteiger partial charge in [0, 0.05) is 41.1 Å². The van der Waals surface area contributed by atoms with Crippen molar-refractivity contribution in [1.29, 1.82) is 0 Å². The minimum atomic E-state index is -0.322. The van der Waals surface area contributed by atoms with Gasteiger partial charge in [0.05, 0.1) is 12.8 Å². The Morgan fingerprint density at radius 1 is 1.30 bits per heavy atom. The molecule has 2 aliphatic rings. The summed E-state index contributed by atoms with van der Waals surface area (Å²) in [6.45, 7) is 8.37. The number of hydrogen-bond donors (Lipinski definition) is 1. The zero-order valence-corrected chi connectivity index (χ0v) is 15.1. The Morgan fingerprint density at radius 2 is 1.96 bits per heavy atom. The van der Waals surface area contributed by atoms with E-state index >= 15 is 0 Å². The highest BCUT2D eigenvalue weighted by Gasteiger charge is 2.45. The summed E-state index contributed by atoms with van der Waals surface area (Å²) in [6, 6.07) is 3.83. The summed E-state index contributed by atoms with van der Waals surface area (Å²) < 4.78 is 5.46. The maximum atomic E-state index is 12.5. The van der Waals surface area contributed by atoms with Crippen molar-refractivity contribution in [3.8, 4) is 5.75 Å². The summed E-state index contributed by atoms with van der Waals surface area (Å²) in [5.74, 6) is 1.07. The number of halogens is 1. The van der Waals surface area contributed by atoms with E-state index in [0.717, 1.165) is 48.9 Å². The number of ether oxygens (including phenoxy) is 1. The molecule has 0 aliphatic carbocycles. The van der Waals surface area contributed by atoms with Crippen molar-refractivity contribution >= 4 is 23.2 Å². The largest absolute Gasteiger partial charge is 0.495 e. The molecule has 1 amide bonds. The van der Waals surface area contributed by atoms with Crippen LogP contribution in [0.15, 0.2) is 12.1 Å². The quantitative estimate of drug-likeness (QED) is 0.850. The van der Waals surface area contributed by atoms with Crippen molar-refractivity contribution in [2.75, 3.05) is 32.1 Å². The molecule has 2 heterocycles. The summed E-state index contributed by atoms with van der Waals surface area (Å²) in [7, 11) is 1.68. The van der Waals surface area contributed by atoms with Crippen LogP contribution in [-0.4, -0.2) is 37.6 Å². The van der Waals surface area contributed by atoms with E-state index in [2.05, 4.69) is 5.32 Å². The zero-order valence-electron chi connectivity index (χ0n) is 14.3. The topological polar surface area (TPSA) is 41.6 Å². The molecule has 0 aromatic heterocycles. The fourth-order valence-electron chi connectivity index (χ4n) is 3.81. The minimum Gasteiger partial charge on any atom is -0.495 e. The molecule has 1 N–H and O–H groups in total. The summed E-state index contributed by atoms with van der Waals surface area (Å²) >= 11 is 6.52. The van der Waals surface area contributed by atoms with Crippen LogP contribution in [0.3, 0.4) is 0 Å². The molecule has 0 atom stereocenters. The Balaban J connectivity index is 1.85. The predicted molar refractivity (Wildman–Crippen MR) is 93.4 cm³/mol. The van der Waals surface area contributed by atoms with E-state index in [9.17, 15) is 4.79 Å². The number of hydrogen-bond acceptors (Lipinski definition) is 3. The minimum absolute atomic E-state index is 0.00954. The summed E-state index contributed by atoms with van der Waals surface area (Å²) in [6.07, 6.45) is 1.86. The number of rotatable bonds is 1. The van der Waals surface area contributed by atoms with Gasteiger partial charge < -0.3 is 15.0 Å². The third-order valence-corrected chi connectivity index (χ3v) is 5.43. The molecule has 126 valence electrons. The summed E-state index contributed by atoms with van der Waals surface area (Å²) in [5.41, 5.74) is 1.88. The van der Waals surface area contributed by atoms with Gasteiger partial charge in [-0.25, -0.2) is 0 Å². The first-order valence-electron chi connectivity index (χ1n) is 8.19. The van der Waals surface area contributed by atoms with Crippen molar-refractivity contribution in [3.63, 3.8) is 0 Å². The highest BCUT2D eigenvalue weighted by Crippen LogP contribution is 2.50. The number of nitrogens with one attached hydrogen (secondary N) is 1. The molecule has 1 spiro atoms. The molecule has 2 aliphatic heterocycles. The van der Waals surface area contributed by atoms with Crippen LogP contribution in [0.2, 0.25) is 5.02 Å². The standard InChI is InChI=1S/C18H25ClN2O2/c1-17(2,3)16(22)21-9-7-18(8-10-21)11-20-15-13(23-4)6-5-12(19)14(15)18/h5-6,20H,7-11H2,1-4H3. The van der Waals surface area contributed by atoms with Gasteiger partial charge in [0.15, 0.2) is 0 Å². The third-order valence-electron chi connectivity index (χ3n) is 5.12. The van der Waals surface area contributed by atoms with Gasteiger partial charge in [-0.15, -0.1) is 0 Å². The monoisotopic (exact) mass is 336 g/mol. The van der Waals surface area contributed by atoms with Crippen LogP contribution in [0, 0.1) is 5.41 Å². The van der Waals surface area contributed by atoms with Gasteiger partial charge in [0.1, 0.15) is 5.75 Å². The number of carbonyl (C=O) groups is 1. The summed E-state index contributed by atoms with van der Waals surface area (Å²) in [5, 5.41) is 4.28. The molecule has 0 radical (unpaired) electrons. The number of anilines is 1. The normalized spacial score (nSPS) is 19.4. The van der Waals surface area contributed by atoms with E-state index in [4.69, 9.17) is 16.3 Å². The van der Waals surface area contributed by atoms with E-state index < -0.39 is 0 Å². The van der Waals surface area contributed by atoms with Gasteiger partial charge in [0.25, 0.3) is 0 Å². The predicted octanol–water partition coefficient (Wildman–Crippen LogP) is 3.68. The first-order valence-corrected chi connectivity index (χ1v) is 8.56. The Labute approximate surface area is 143 Å². The molecule has 3 rings (SSSR count). The van der Waals surface area contributed by atoms with Crippen molar-refractivity contribution in [3.05, 3.63) is 22.7 Å². The highest BCUT2D eigenvalue weighted by atomic mass is 35.5. The van der Waals surface area contributed by atoms with Crippen LogP contribution >= 0.6 is 11.6 Å². The van der Waals surface area contributed by atoms with Crippen LogP contribution in [0.4, 0.5) is 5.69 Å². The number of likely N-dealkylation sites (tertiary alicyclic amines) is 1. The number of fused-ring (bicyclic) bond motifs is 2. The number of carbonyl (C=O) groups excluding carboxylic acids is 1. The molecule has 0 bridgehead atoms. The molecule has 4 nitrogen and oxygen atoms in total. The second kappa shape index (κ2) is 5.59. The Hall–Kier alpha value is -1.42. The van der Waals surface area contributed by atoms with Crippen LogP contribution in [0.5, 0.6) is 5.75 Å². The van der Waals surface area contributed by atoms with Gasteiger partial charge in [-0.05, 0) is 25.0 Å². The number of piperidine rings is 1. The van der Waals surface area contributed by atoms with Crippen molar-refractivity contribution in [1.82, 2.24) is 4.90 Å². The molecule has 1 saturated heterocycles. The lowest BCUT2D eigenvalue weighted by molar-refractivity contribution is -0.141. The van der Waals surface area contributed by atoms with E-state index in [1.54, 1.807) is 7.11 Å². The maximum absolute atomic E-state index is 12.5. The fraction of sp³-hybridized carbons (Fsp3) is 0.611. The van der Waals surface area contributed by atoms with Crippen molar-refractivity contribution < 1.29 is 9.53 Å². The second-order valence-electron chi connectivity index (χ2n) is 7.68. The van der Waals surface area contributed by atoms with Gasteiger partial charge >= 0.3 is 0 Å². The van der Waals surface area contributed by atoms with Gasteiger partial charge in [-0.1, -0.05) is 32.4 Å². The van der Waals surface area contributed by atoms with Gasteiger partial charge in [-0.2, -0.15) is 0 Å². The lowest BCUT2D eigenvalue weighted by atomic mass is 9.74. The molecule has 1 fully saturated rings. The van der Waals surface area contributed by atoms with Crippen LogP contribution < -0.4 is 10.1 Å². The van der Waals surface area contributed by atoms with Crippen LogP contribution in [-0.2, 0) is 10.2 Å². The first-order chi connectivity index (χ1) is 10.8. The Morgan fingerprint density at radius 3 is 2.52 bits per heavy atom. The maximum Gasteiger partial charge on any atom is 0.227 e. The number of benzene rings is 1.